The van der Waals surface area contributed by atoms with Crippen LogP contribution in [0, 0.1) is 0 Å². The Kier molecular flexibility index (Phi) is 9.71. The molecule has 15 heavy (non-hydrogen) atoms. The molecule has 0 radical (unpaired) electrons. The minimum atomic E-state index is -0.675. The molecule has 1 N–H and O–H groups in total. The van der Waals surface area contributed by atoms with Crippen LogP contribution in [0.4, 0.5) is 0 Å². The molecule has 1 aromatic rings. The van der Waals surface area contributed by atoms with E-state index in [1.165, 1.54) is 6.42 Å². The first-order chi connectivity index (χ1) is 7.27. The molecule has 1 heterocycles. The van der Waals surface area contributed by atoms with Gasteiger partial charge in [-0.05, 0) is 18.6 Å². The van der Waals surface area contributed by atoms with Gasteiger partial charge in [-0.15, -0.1) is 0 Å². The molecule has 0 unspecified atom stereocenters. The van der Waals surface area contributed by atoms with Crippen LogP contribution in [0.2, 0.25) is 0 Å². The molecule has 0 atom stereocenters. The lowest BCUT2D eigenvalue weighted by atomic mass is 10.2. The molecule has 3 nitrogen and oxygen atoms in total. The van der Waals surface area contributed by atoms with E-state index in [9.17, 15) is 4.79 Å². The number of aromatic nitrogens is 1. The van der Waals surface area contributed by atoms with Crippen molar-refractivity contribution in [2.24, 2.45) is 0 Å². The van der Waals surface area contributed by atoms with Gasteiger partial charge >= 0.3 is 5.97 Å². The molecule has 0 spiro atoms. The maximum Gasteiger partial charge on any atom is 0.303 e. The molecule has 3 heteroatoms. The van der Waals surface area contributed by atoms with Gasteiger partial charge in [0.15, 0.2) is 0 Å². The fourth-order valence-electron chi connectivity index (χ4n) is 1.02. The standard InChI is InChI=1S/C7H14O2.C5H5N/c1-2-3-4-5-6-7(8)9;1-2-4-6-5-3-1/h2-6H2,1H3,(H,8,9);1-5H. The summed E-state index contributed by atoms with van der Waals surface area (Å²) < 4.78 is 0. The highest BCUT2D eigenvalue weighted by atomic mass is 16.4. The molecule has 0 aromatic carbocycles. The average Bonchev–Trinajstić information content (AvgIpc) is 2.28. The van der Waals surface area contributed by atoms with Crippen LogP contribution >= 0.6 is 0 Å². The molecule has 0 aliphatic rings. The Bertz CT molecular complexity index is 210. The van der Waals surface area contributed by atoms with Crippen LogP contribution in [0.15, 0.2) is 30.6 Å². The number of aliphatic carboxylic acids is 1. The SMILES string of the molecule is CCCCCCC(=O)O.c1ccncc1. The van der Waals surface area contributed by atoms with E-state index in [0.29, 0.717) is 6.42 Å². The minimum absolute atomic E-state index is 0.333. The summed E-state index contributed by atoms with van der Waals surface area (Å²) in [6.07, 6.45) is 8.05. The molecular formula is C12H19NO2. The molecule has 0 saturated carbocycles. The number of carboxylic acids is 1. The van der Waals surface area contributed by atoms with Crippen LogP contribution in [0.1, 0.15) is 39.0 Å². The molecule has 1 rings (SSSR count). The van der Waals surface area contributed by atoms with Crippen molar-refractivity contribution in [3.63, 3.8) is 0 Å². The maximum absolute atomic E-state index is 9.96. The number of carbonyl (C=O) groups is 1. The van der Waals surface area contributed by atoms with Crippen LogP contribution in [0.3, 0.4) is 0 Å². The third-order valence-corrected chi connectivity index (χ3v) is 1.81. The second-order valence-electron chi connectivity index (χ2n) is 3.23. The first kappa shape index (κ1) is 13.6. The van der Waals surface area contributed by atoms with Gasteiger partial charge in [-0.25, -0.2) is 0 Å². The van der Waals surface area contributed by atoms with Crippen LogP contribution in [-0.2, 0) is 4.79 Å². The Hall–Kier alpha value is -1.38. The first-order valence-corrected chi connectivity index (χ1v) is 5.34. The topological polar surface area (TPSA) is 50.2 Å². The van der Waals surface area contributed by atoms with Crippen molar-refractivity contribution < 1.29 is 9.90 Å². The minimum Gasteiger partial charge on any atom is -0.481 e. The molecule has 1 aromatic heterocycles. The first-order valence-electron chi connectivity index (χ1n) is 5.34. The highest BCUT2D eigenvalue weighted by molar-refractivity contribution is 5.66. The van der Waals surface area contributed by atoms with Crippen molar-refractivity contribution in [1.82, 2.24) is 4.98 Å². The monoisotopic (exact) mass is 209 g/mol. The number of hydrogen-bond donors (Lipinski definition) is 1. The highest BCUT2D eigenvalue weighted by Gasteiger charge is 1.93. The zero-order valence-electron chi connectivity index (χ0n) is 9.22. The van der Waals surface area contributed by atoms with Gasteiger partial charge in [-0.2, -0.15) is 0 Å². The molecule has 84 valence electrons. The summed E-state index contributed by atoms with van der Waals surface area (Å²) in [6, 6.07) is 5.72. The lowest BCUT2D eigenvalue weighted by Crippen LogP contribution is -1.92. The van der Waals surface area contributed by atoms with Gasteiger partial charge in [-0.3, -0.25) is 9.78 Å². The predicted octanol–water partition coefficient (Wildman–Crippen LogP) is 3.12. The number of pyridine rings is 1. The van der Waals surface area contributed by atoms with Crippen LogP contribution < -0.4 is 0 Å². The van der Waals surface area contributed by atoms with Crippen LogP contribution in [0.25, 0.3) is 0 Å². The largest absolute Gasteiger partial charge is 0.481 e. The molecule has 0 bridgehead atoms. The van der Waals surface area contributed by atoms with Crippen molar-refractivity contribution in [2.45, 2.75) is 39.0 Å². The Morgan fingerprint density at radius 1 is 1.13 bits per heavy atom. The summed E-state index contributed by atoms with van der Waals surface area (Å²) in [7, 11) is 0. The molecule has 0 aliphatic heterocycles. The van der Waals surface area contributed by atoms with E-state index in [4.69, 9.17) is 5.11 Å². The summed E-state index contributed by atoms with van der Waals surface area (Å²) in [5.74, 6) is -0.675. The molecule has 0 aliphatic carbocycles. The maximum atomic E-state index is 9.96. The summed E-state index contributed by atoms with van der Waals surface area (Å²) >= 11 is 0. The molecule has 0 fully saturated rings. The summed E-state index contributed by atoms with van der Waals surface area (Å²) in [5, 5.41) is 8.21. The molecule has 0 saturated heterocycles. The number of rotatable bonds is 5. The zero-order chi connectivity index (χ0) is 11.4. The summed E-state index contributed by atoms with van der Waals surface area (Å²) in [5.41, 5.74) is 0. The smallest absolute Gasteiger partial charge is 0.303 e. The van der Waals surface area contributed by atoms with E-state index in [1.54, 1.807) is 12.4 Å². The van der Waals surface area contributed by atoms with E-state index in [-0.39, 0.29) is 0 Å². The van der Waals surface area contributed by atoms with Crippen molar-refractivity contribution in [2.75, 3.05) is 0 Å². The van der Waals surface area contributed by atoms with Crippen LogP contribution in [-0.4, -0.2) is 16.1 Å². The average molecular weight is 209 g/mol. The zero-order valence-corrected chi connectivity index (χ0v) is 9.22. The van der Waals surface area contributed by atoms with Gasteiger partial charge in [-0.1, -0.05) is 32.3 Å². The Labute approximate surface area is 91.2 Å². The lowest BCUT2D eigenvalue weighted by molar-refractivity contribution is -0.137. The van der Waals surface area contributed by atoms with Crippen molar-refractivity contribution in [1.29, 1.82) is 0 Å². The third kappa shape index (κ3) is 12.6. The normalized spacial score (nSPS) is 8.87. The number of hydrogen-bond acceptors (Lipinski definition) is 2. The second-order valence-corrected chi connectivity index (χ2v) is 3.23. The Morgan fingerprint density at radius 3 is 2.13 bits per heavy atom. The fourth-order valence-corrected chi connectivity index (χ4v) is 1.02. The van der Waals surface area contributed by atoms with E-state index >= 15 is 0 Å². The Morgan fingerprint density at radius 2 is 1.80 bits per heavy atom. The van der Waals surface area contributed by atoms with Gasteiger partial charge in [0.2, 0.25) is 0 Å². The van der Waals surface area contributed by atoms with E-state index in [2.05, 4.69) is 11.9 Å². The predicted molar refractivity (Wildman–Crippen MR) is 60.6 cm³/mol. The Balaban J connectivity index is 0.000000280. The molecule has 0 amide bonds. The lowest BCUT2D eigenvalue weighted by Gasteiger charge is -1.92. The van der Waals surface area contributed by atoms with Crippen molar-refractivity contribution in [3.8, 4) is 0 Å². The summed E-state index contributed by atoms with van der Waals surface area (Å²) in [6.45, 7) is 2.11. The van der Waals surface area contributed by atoms with E-state index in [1.807, 2.05) is 18.2 Å². The number of carboxylic acid groups (broad SMARTS) is 1. The van der Waals surface area contributed by atoms with Gasteiger partial charge in [0.1, 0.15) is 0 Å². The van der Waals surface area contributed by atoms with E-state index in [0.717, 1.165) is 19.3 Å². The molecular weight excluding hydrogens is 190 g/mol. The van der Waals surface area contributed by atoms with Gasteiger partial charge in [0, 0.05) is 18.8 Å². The highest BCUT2D eigenvalue weighted by Crippen LogP contribution is 2.01. The third-order valence-electron chi connectivity index (χ3n) is 1.81. The van der Waals surface area contributed by atoms with Crippen LogP contribution in [0.5, 0.6) is 0 Å². The van der Waals surface area contributed by atoms with Crippen molar-refractivity contribution >= 4 is 5.97 Å². The number of nitrogens with zero attached hydrogens (tertiary/aromatic N) is 1. The van der Waals surface area contributed by atoms with Gasteiger partial charge < -0.3 is 5.11 Å². The fraction of sp³-hybridized carbons (Fsp3) is 0.500. The van der Waals surface area contributed by atoms with E-state index < -0.39 is 5.97 Å². The number of unbranched alkanes of at least 4 members (excludes halogenated alkanes) is 3. The van der Waals surface area contributed by atoms with Crippen molar-refractivity contribution in [3.05, 3.63) is 30.6 Å². The van der Waals surface area contributed by atoms with Gasteiger partial charge in [0.05, 0.1) is 0 Å². The summed E-state index contributed by atoms with van der Waals surface area (Å²) in [4.78, 5) is 13.7. The second kappa shape index (κ2) is 10.7. The van der Waals surface area contributed by atoms with Gasteiger partial charge in [0.25, 0.3) is 0 Å². The quantitative estimate of drug-likeness (QED) is 0.758.